The number of carbonyl (C=O) groups is 2. The number of hydrogen-bond donors (Lipinski definition) is 3. The number of anilines is 3. The summed E-state index contributed by atoms with van der Waals surface area (Å²) in [5, 5.41) is 12.6. The number of hydrogen-bond acceptors (Lipinski definition) is 4. The predicted octanol–water partition coefficient (Wildman–Crippen LogP) is 5.23. The third-order valence-electron chi connectivity index (χ3n) is 4.21. The molecule has 0 fully saturated rings. The zero-order valence-corrected chi connectivity index (χ0v) is 18.1. The van der Waals surface area contributed by atoms with Crippen molar-refractivity contribution >= 4 is 29.2 Å². The van der Waals surface area contributed by atoms with E-state index in [4.69, 9.17) is 4.74 Å². The second kappa shape index (κ2) is 9.34. The molecule has 0 spiro atoms. The SMILES string of the molecule is Cc1cc(NC(=O)OC(C)(C)C)ccc1NC(=O)Nc1cccc(Cn2cccn2)c1. The Bertz CT molecular complexity index is 1060. The van der Waals surface area contributed by atoms with E-state index in [2.05, 4.69) is 21.0 Å². The Morgan fingerprint density at radius 3 is 2.45 bits per heavy atom. The van der Waals surface area contributed by atoms with Crippen molar-refractivity contribution in [1.29, 1.82) is 0 Å². The third kappa shape index (κ3) is 6.88. The summed E-state index contributed by atoms with van der Waals surface area (Å²) in [6.45, 7) is 7.87. The van der Waals surface area contributed by atoms with Crippen LogP contribution in [-0.4, -0.2) is 27.5 Å². The number of rotatable bonds is 5. The number of aryl methyl sites for hydroxylation is 1. The van der Waals surface area contributed by atoms with E-state index in [1.807, 2.05) is 48.1 Å². The molecule has 162 valence electrons. The summed E-state index contributed by atoms with van der Waals surface area (Å²) in [6, 6.07) is 14.3. The Balaban J connectivity index is 1.58. The van der Waals surface area contributed by atoms with Crippen LogP contribution in [0.4, 0.5) is 26.7 Å². The average molecular weight is 422 g/mol. The van der Waals surface area contributed by atoms with Crippen molar-refractivity contribution in [3.05, 3.63) is 72.1 Å². The van der Waals surface area contributed by atoms with E-state index in [1.54, 1.807) is 45.2 Å². The van der Waals surface area contributed by atoms with Gasteiger partial charge in [0.2, 0.25) is 0 Å². The van der Waals surface area contributed by atoms with Crippen LogP contribution >= 0.6 is 0 Å². The molecular formula is C23H27N5O3. The first-order valence-electron chi connectivity index (χ1n) is 9.93. The minimum atomic E-state index is -0.575. The number of aromatic nitrogens is 2. The van der Waals surface area contributed by atoms with Crippen LogP contribution in [0, 0.1) is 6.92 Å². The van der Waals surface area contributed by atoms with Crippen LogP contribution in [0.3, 0.4) is 0 Å². The van der Waals surface area contributed by atoms with Gasteiger partial charge in [0, 0.05) is 29.5 Å². The standard InChI is InChI=1S/C23H27N5O3/c1-16-13-19(26-22(30)31-23(2,3)4)9-10-20(16)27-21(29)25-18-8-5-7-17(14-18)15-28-12-6-11-24-28/h5-14H,15H2,1-4H3,(H,26,30)(H2,25,27,29). The quantitative estimate of drug-likeness (QED) is 0.525. The fourth-order valence-corrected chi connectivity index (χ4v) is 2.92. The predicted molar refractivity (Wildman–Crippen MR) is 121 cm³/mol. The molecule has 0 bridgehead atoms. The molecule has 1 heterocycles. The summed E-state index contributed by atoms with van der Waals surface area (Å²) in [4.78, 5) is 24.4. The summed E-state index contributed by atoms with van der Waals surface area (Å²) >= 11 is 0. The van der Waals surface area contributed by atoms with Crippen LogP contribution in [0.2, 0.25) is 0 Å². The van der Waals surface area contributed by atoms with Gasteiger partial charge in [-0.25, -0.2) is 9.59 Å². The summed E-state index contributed by atoms with van der Waals surface area (Å²) < 4.78 is 7.06. The van der Waals surface area contributed by atoms with Crippen LogP contribution in [0.15, 0.2) is 60.9 Å². The molecule has 31 heavy (non-hydrogen) atoms. The van der Waals surface area contributed by atoms with Crippen LogP contribution in [0.5, 0.6) is 0 Å². The lowest BCUT2D eigenvalue weighted by molar-refractivity contribution is 0.0636. The fourth-order valence-electron chi connectivity index (χ4n) is 2.92. The van der Waals surface area contributed by atoms with Gasteiger partial charge in [0.1, 0.15) is 5.60 Å². The molecule has 0 atom stereocenters. The number of nitrogens with zero attached hydrogens (tertiary/aromatic N) is 2. The van der Waals surface area contributed by atoms with Gasteiger partial charge < -0.3 is 15.4 Å². The lowest BCUT2D eigenvalue weighted by Gasteiger charge is -2.20. The third-order valence-corrected chi connectivity index (χ3v) is 4.21. The second-order valence-electron chi connectivity index (χ2n) is 8.14. The van der Waals surface area contributed by atoms with Gasteiger partial charge in [0.25, 0.3) is 0 Å². The maximum atomic E-state index is 12.5. The summed E-state index contributed by atoms with van der Waals surface area (Å²) in [5.41, 5.74) is 3.16. The van der Waals surface area contributed by atoms with E-state index in [0.717, 1.165) is 11.1 Å². The van der Waals surface area contributed by atoms with E-state index in [-0.39, 0.29) is 6.03 Å². The van der Waals surface area contributed by atoms with Crippen molar-refractivity contribution in [2.24, 2.45) is 0 Å². The molecule has 8 heteroatoms. The molecule has 2 aromatic carbocycles. The Labute approximate surface area is 181 Å². The fraction of sp³-hybridized carbons (Fsp3) is 0.261. The molecule has 3 N–H and O–H groups in total. The van der Waals surface area contributed by atoms with E-state index in [1.165, 1.54) is 0 Å². The molecule has 1 aromatic heterocycles. The number of benzene rings is 2. The van der Waals surface area contributed by atoms with E-state index < -0.39 is 11.7 Å². The van der Waals surface area contributed by atoms with Gasteiger partial charge in [-0.3, -0.25) is 10.00 Å². The zero-order chi connectivity index (χ0) is 22.4. The van der Waals surface area contributed by atoms with Crippen molar-refractivity contribution in [3.8, 4) is 0 Å². The topological polar surface area (TPSA) is 97.3 Å². The molecular weight excluding hydrogens is 394 g/mol. The minimum Gasteiger partial charge on any atom is -0.444 e. The molecule has 0 saturated heterocycles. The molecule has 0 aliphatic carbocycles. The monoisotopic (exact) mass is 421 g/mol. The maximum absolute atomic E-state index is 12.5. The molecule has 3 aromatic rings. The molecule has 0 unspecified atom stereocenters. The molecule has 8 nitrogen and oxygen atoms in total. The van der Waals surface area contributed by atoms with Crippen LogP contribution in [0.1, 0.15) is 31.9 Å². The van der Waals surface area contributed by atoms with E-state index >= 15 is 0 Å². The minimum absolute atomic E-state index is 0.354. The van der Waals surface area contributed by atoms with Crippen molar-refractivity contribution in [2.75, 3.05) is 16.0 Å². The van der Waals surface area contributed by atoms with Gasteiger partial charge >= 0.3 is 12.1 Å². The lowest BCUT2D eigenvalue weighted by Crippen LogP contribution is -2.27. The lowest BCUT2D eigenvalue weighted by atomic mass is 10.1. The average Bonchev–Trinajstić information content (AvgIpc) is 3.15. The van der Waals surface area contributed by atoms with Gasteiger partial charge in [0.05, 0.1) is 6.54 Å². The second-order valence-corrected chi connectivity index (χ2v) is 8.14. The van der Waals surface area contributed by atoms with Crippen molar-refractivity contribution < 1.29 is 14.3 Å². The van der Waals surface area contributed by atoms with Gasteiger partial charge in [-0.05, 0) is 75.2 Å². The normalized spacial score (nSPS) is 11.0. The van der Waals surface area contributed by atoms with Gasteiger partial charge in [-0.2, -0.15) is 5.10 Å². The maximum Gasteiger partial charge on any atom is 0.412 e. The highest BCUT2D eigenvalue weighted by atomic mass is 16.6. The highest BCUT2D eigenvalue weighted by Gasteiger charge is 2.16. The summed E-state index contributed by atoms with van der Waals surface area (Å²) in [6.07, 6.45) is 3.09. The number of ether oxygens (including phenoxy) is 1. The highest BCUT2D eigenvalue weighted by Crippen LogP contribution is 2.21. The summed E-state index contributed by atoms with van der Waals surface area (Å²) in [7, 11) is 0. The molecule has 3 rings (SSSR count). The largest absolute Gasteiger partial charge is 0.444 e. The first-order chi connectivity index (χ1) is 14.7. The zero-order valence-electron chi connectivity index (χ0n) is 18.1. The highest BCUT2D eigenvalue weighted by molar-refractivity contribution is 6.00. The number of urea groups is 1. The van der Waals surface area contributed by atoms with Crippen molar-refractivity contribution in [2.45, 2.75) is 39.8 Å². The van der Waals surface area contributed by atoms with Crippen molar-refractivity contribution in [1.82, 2.24) is 9.78 Å². The van der Waals surface area contributed by atoms with Crippen LogP contribution in [0.25, 0.3) is 0 Å². The van der Waals surface area contributed by atoms with E-state index in [0.29, 0.717) is 23.6 Å². The molecule has 0 aliphatic heterocycles. The molecule has 0 aliphatic rings. The number of amides is 3. The van der Waals surface area contributed by atoms with Gasteiger partial charge in [-0.15, -0.1) is 0 Å². The van der Waals surface area contributed by atoms with Gasteiger partial charge in [-0.1, -0.05) is 12.1 Å². The van der Waals surface area contributed by atoms with Crippen LogP contribution in [-0.2, 0) is 11.3 Å². The first kappa shape index (κ1) is 21.9. The Morgan fingerprint density at radius 2 is 1.77 bits per heavy atom. The van der Waals surface area contributed by atoms with Gasteiger partial charge in [0.15, 0.2) is 0 Å². The van der Waals surface area contributed by atoms with Crippen LogP contribution < -0.4 is 16.0 Å². The number of carbonyl (C=O) groups excluding carboxylic acids is 2. The Morgan fingerprint density at radius 1 is 1.00 bits per heavy atom. The Kier molecular flexibility index (Phi) is 6.59. The van der Waals surface area contributed by atoms with E-state index in [9.17, 15) is 9.59 Å². The summed E-state index contributed by atoms with van der Waals surface area (Å²) in [5.74, 6) is 0. The Hall–Kier alpha value is -3.81. The van der Waals surface area contributed by atoms with Crippen molar-refractivity contribution in [3.63, 3.8) is 0 Å². The first-order valence-corrected chi connectivity index (χ1v) is 9.93. The smallest absolute Gasteiger partial charge is 0.412 e. The molecule has 3 amide bonds. The number of nitrogens with one attached hydrogen (secondary N) is 3. The molecule has 0 saturated carbocycles. The molecule has 0 radical (unpaired) electrons.